The standard InChI is InChI=1S/C11H16N2/c1-7(2)10-8(3)11(10)9-4-5-12-6-13-9/h4-8,10-11H,1-3H3. The van der Waals surface area contributed by atoms with Crippen molar-refractivity contribution in [3.63, 3.8) is 0 Å². The molecule has 0 radical (unpaired) electrons. The predicted octanol–water partition coefficient (Wildman–Crippen LogP) is 2.48. The van der Waals surface area contributed by atoms with E-state index in [0.29, 0.717) is 5.92 Å². The average molecular weight is 176 g/mol. The van der Waals surface area contributed by atoms with Gasteiger partial charge in [-0.05, 0) is 23.8 Å². The highest BCUT2D eigenvalue weighted by molar-refractivity contribution is 5.19. The monoisotopic (exact) mass is 176 g/mol. The lowest BCUT2D eigenvalue weighted by atomic mass is 10.1. The highest BCUT2D eigenvalue weighted by atomic mass is 14.8. The molecule has 1 aromatic heterocycles. The molecule has 1 aliphatic rings. The van der Waals surface area contributed by atoms with Crippen LogP contribution in [0, 0.1) is 17.8 Å². The van der Waals surface area contributed by atoms with Crippen LogP contribution in [-0.4, -0.2) is 9.97 Å². The highest BCUT2D eigenvalue weighted by Crippen LogP contribution is 2.56. The molecule has 1 aliphatic carbocycles. The molecule has 1 aromatic rings. The predicted molar refractivity (Wildman–Crippen MR) is 52.3 cm³/mol. The van der Waals surface area contributed by atoms with Crippen LogP contribution in [0.15, 0.2) is 18.6 Å². The Balaban J connectivity index is 2.14. The van der Waals surface area contributed by atoms with E-state index in [1.165, 1.54) is 5.69 Å². The van der Waals surface area contributed by atoms with E-state index < -0.39 is 0 Å². The van der Waals surface area contributed by atoms with E-state index in [1.54, 1.807) is 6.33 Å². The Morgan fingerprint density at radius 1 is 1.38 bits per heavy atom. The van der Waals surface area contributed by atoms with Crippen molar-refractivity contribution < 1.29 is 0 Å². The number of aromatic nitrogens is 2. The van der Waals surface area contributed by atoms with Gasteiger partial charge in [0.2, 0.25) is 0 Å². The maximum absolute atomic E-state index is 4.31. The first-order chi connectivity index (χ1) is 6.22. The molecule has 1 heterocycles. The first-order valence-electron chi connectivity index (χ1n) is 4.97. The van der Waals surface area contributed by atoms with Crippen LogP contribution in [0.25, 0.3) is 0 Å². The fourth-order valence-electron chi connectivity index (χ4n) is 2.48. The minimum Gasteiger partial charge on any atom is -0.245 e. The summed E-state index contributed by atoms with van der Waals surface area (Å²) in [4.78, 5) is 8.25. The van der Waals surface area contributed by atoms with Gasteiger partial charge in [-0.3, -0.25) is 0 Å². The lowest BCUT2D eigenvalue weighted by Crippen LogP contribution is -1.94. The Bertz CT molecular complexity index is 281. The molecule has 0 N–H and O–H groups in total. The quantitative estimate of drug-likeness (QED) is 0.691. The van der Waals surface area contributed by atoms with Crippen molar-refractivity contribution in [2.45, 2.75) is 26.7 Å². The third kappa shape index (κ3) is 1.45. The molecule has 1 saturated carbocycles. The van der Waals surface area contributed by atoms with Gasteiger partial charge in [-0.2, -0.15) is 0 Å². The fourth-order valence-corrected chi connectivity index (χ4v) is 2.48. The summed E-state index contributed by atoms with van der Waals surface area (Å²) in [5, 5.41) is 0. The van der Waals surface area contributed by atoms with Crippen LogP contribution in [0.2, 0.25) is 0 Å². The molecular weight excluding hydrogens is 160 g/mol. The van der Waals surface area contributed by atoms with Crippen LogP contribution >= 0.6 is 0 Å². The molecular formula is C11H16N2. The lowest BCUT2D eigenvalue weighted by Gasteiger charge is -2.01. The van der Waals surface area contributed by atoms with E-state index >= 15 is 0 Å². The summed E-state index contributed by atoms with van der Waals surface area (Å²) in [6, 6.07) is 2.05. The molecule has 3 unspecified atom stereocenters. The van der Waals surface area contributed by atoms with Gasteiger partial charge in [0.15, 0.2) is 0 Å². The minimum atomic E-state index is 0.683. The fraction of sp³-hybridized carbons (Fsp3) is 0.636. The molecule has 0 saturated heterocycles. The van der Waals surface area contributed by atoms with E-state index in [9.17, 15) is 0 Å². The Hall–Kier alpha value is -0.920. The van der Waals surface area contributed by atoms with Crippen molar-refractivity contribution in [2.75, 3.05) is 0 Å². The van der Waals surface area contributed by atoms with Gasteiger partial charge in [0.25, 0.3) is 0 Å². The third-order valence-electron chi connectivity index (χ3n) is 3.16. The maximum Gasteiger partial charge on any atom is 0.115 e. The summed E-state index contributed by atoms with van der Waals surface area (Å²) in [6.07, 6.45) is 3.49. The van der Waals surface area contributed by atoms with Gasteiger partial charge >= 0.3 is 0 Å². The second-order valence-electron chi connectivity index (χ2n) is 4.34. The molecule has 0 aliphatic heterocycles. The Morgan fingerprint density at radius 2 is 2.15 bits per heavy atom. The smallest absolute Gasteiger partial charge is 0.115 e. The van der Waals surface area contributed by atoms with Crippen molar-refractivity contribution in [3.05, 3.63) is 24.3 Å². The molecule has 2 heteroatoms. The lowest BCUT2D eigenvalue weighted by molar-refractivity contribution is 0.522. The Kier molecular flexibility index (Phi) is 2.06. The molecule has 3 atom stereocenters. The molecule has 0 spiro atoms. The topological polar surface area (TPSA) is 25.8 Å². The van der Waals surface area contributed by atoms with Crippen LogP contribution in [-0.2, 0) is 0 Å². The summed E-state index contributed by atoms with van der Waals surface area (Å²) in [5.74, 6) is 3.09. The van der Waals surface area contributed by atoms with E-state index in [-0.39, 0.29) is 0 Å². The average Bonchev–Trinajstić information content (AvgIpc) is 2.79. The molecule has 0 aromatic carbocycles. The first-order valence-corrected chi connectivity index (χ1v) is 4.97. The van der Waals surface area contributed by atoms with Crippen molar-refractivity contribution in [3.8, 4) is 0 Å². The van der Waals surface area contributed by atoms with Crippen molar-refractivity contribution in [1.29, 1.82) is 0 Å². The number of hydrogen-bond acceptors (Lipinski definition) is 2. The zero-order valence-corrected chi connectivity index (χ0v) is 8.44. The summed E-state index contributed by atoms with van der Waals surface area (Å²) in [6.45, 7) is 6.90. The summed E-state index contributed by atoms with van der Waals surface area (Å²) in [7, 11) is 0. The van der Waals surface area contributed by atoms with Crippen molar-refractivity contribution in [1.82, 2.24) is 9.97 Å². The summed E-state index contributed by atoms with van der Waals surface area (Å²) >= 11 is 0. The van der Waals surface area contributed by atoms with E-state index in [2.05, 4.69) is 30.7 Å². The van der Waals surface area contributed by atoms with E-state index in [0.717, 1.165) is 17.8 Å². The molecule has 0 bridgehead atoms. The second kappa shape index (κ2) is 3.09. The molecule has 2 nitrogen and oxygen atoms in total. The number of hydrogen-bond donors (Lipinski definition) is 0. The Labute approximate surface area is 79.4 Å². The molecule has 1 fully saturated rings. The number of nitrogens with zero attached hydrogens (tertiary/aromatic N) is 2. The van der Waals surface area contributed by atoms with Gasteiger partial charge < -0.3 is 0 Å². The first kappa shape index (κ1) is 8.67. The normalized spacial score (nSPS) is 32.2. The van der Waals surface area contributed by atoms with Crippen LogP contribution in [0.4, 0.5) is 0 Å². The van der Waals surface area contributed by atoms with Gasteiger partial charge in [0.05, 0.1) is 0 Å². The van der Waals surface area contributed by atoms with Crippen LogP contribution in [0.3, 0.4) is 0 Å². The molecule has 13 heavy (non-hydrogen) atoms. The zero-order valence-electron chi connectivity index (χ0n) is 8.44. The Morgan fingerprint density at radius 3 is 2.62 bits per heavy atom. The zero-order chi connectivity index (χ0) is 9.42. The van der Waals surface area contributed by atoms with Gasteiger partial charge in [-0.25, -0.2) is 9.97 Å². The van der Waals surface area contributed by atoms with Crippen molar-refractivity contribution in [2.24, 2.45) is 17.8 Å². The van der Waals surface area contributed by atoms with Gasteiger partial charge in [0, 0.05) is 17.8 Å². The maximum atomic E-state index is 4.31. The van der Waals surface area contributed by atoms with Crippen LogP contribution in [0.5, 0.6) is 0 Å². The van der Waals surface area contributed by atoms with Gasteiger partial charge in [-0.15, -0.1) is 0 Å². The minimum absolute atomic E-state index is 0.683. The van der Waals surface area contributed by atoms with Crippen molar-refractivity contribution >= 4 is 0 Å². The van der Waals surface area contributed by atoms with Gasteiger partial charge in [0.1, 0.15) is 6.33 Å². The SMILES string of the molecule is CC(C)C1C(C)C1c1ccncn1. The molecule has 70 valence electrons. The van der Waals surface area contributed by atoms with E-state index in [1.807, 2.05) is 12.3 Å². The second-order valence-corrected chi connectivity index (χ2v) is 4.34. The van der Waals surface area contributed by atoms with Crippen LogP contribution < -0.4 is 0 Å². The molecule has 0 amide bonds. The summed E-state index contributed by atoms with van der Waals surface area (Å²) in [5.41, 5.74) is 1.22. The number of rotatable bonds is 2. The largest absolute Gasteiger partial charge is 0.245 e. The summed E-state index contributed by atoms with van der Waals surface area (Å²) < 4.78 is 0. The molecule has 2 rings (SSSR count). The third-order valence-corrected chi connectivity index (χ3v) is 3.16. The van der Waals surface area contributed by atoms with Gasteiger partial charge in [-0.1, -0.05) is 20.8 Å². The highest BCUT2D eigenvalue weighted by Gasteiger charge is 2.49. The van der Waals surface area contributed by atoms with E-state index in [4.69, 9.17) is 0 Å². The van der Waals surface area contributed by atoms with Crippen LogP contribution in [0.1, 0.15) is 32.4 Å².